The quantitative estimate of drug-likeness (QED) is 0.768. The van der Waals surface area contributed by atoms with Gasteiger partial charge < -0.3 is 5.11 Å². The van der Waals surface area contributed by atoms with Crippen LogP contribution in [0.5, 0.6) is 0 Å². The summed E-state index contributed by atoms with van der Waals surface area (Å²) in [4.78, 5) is 10.4. The van der Waals surface area contributed by atoms with Gasteiger partial charge in [-0.15, -0.1) is 0 Å². The molecule has 0 unspecified atom stereocenters. The van der Waals surface area contributed by atoms with Crippen LogP contribution in [0.15, 0.2) is 35.9 Å². The SMILES string of the molecule is C/C(=C\c1ccccc1)CC(=O)O. The molecule has 0 saturated heterocycles. The van der Waals surface area contributed by atoms with Gasteiger partial charge in [0.05, 0.1) is 6.42 Å². The summed E-state index contributed by atoms with van der Waals surface area (Å²) in [6, 6.07) is 9.69. The number of carboxylic acids is 1. The zero-order chi connectivity index (χ0) is 9.68. The van der Waals surface area contributed by atoms with Crippen molar-refractivity contribution >= 4 is 12.0 Å². The highest BCUT2D eigenvalue weighted by Crippen LogP contribution is 2.08. The van der Waals surface area contributed by atoms with Crippen molar-refractivity contribution in [2.24, 2.45) is 0 Å². The van der Waals surface area contributed by atoms with Gasteiger partial charge in [-0.1, -0.05) is 42.0 Å². The van der Waals surface area contributed by atoms with Crippen molar-refractivity contribution in [3.8, 4) is 0 Å². The van der Waals surface area contributed by atoms with Gasteiger partial charge >= 0.3 is 5.97 Å². The average molecular weight is 176 g/mol. The topological polar surface area (TPSA) is 37.3 Å². The summed E-state index contributed by atoms with van der Waals surface area (Å²) in [7, 11) is 0. The van der Waals surface area contributed by atoms with E-state index in [4.69, 9.17) is 5.11 Å². The van der Waals surface area contributed by atoms with Crippen molar-refractivity contribution < 1.29 is 9.90 Å². The average Bonchev–Trinajstić information content (AvgIpc) is 2.04. The monoisotopic (exact) mass is 176 g/mol. The third kappa shape index (κ3) is 3.56. The van der Waals surface area contributed by atoms with Gasteiger partial charge in [0, 0.05) is 0 Å². The normalized spacial score (nSPS) is 11.3. The van der Waals surface area contributed by atoms with E-state index in [1.807, 2.05) is 43.3 Å². The molecule has 0 aliphatic rings. The lowest BCUT2D eigenvalue weighted by Gasteiger charge is -1.96. The predicted molar refractivity (Wildman–Crippen MR) is 52.3 cm³/mol. The van der Waals surface area contributed by atoms with Crippen LogP contribution in [0.3, 0.4) is 0 Å². The largest absolute Gasteiger partial charge is 0.481 e. The fourth-order valence-corrected chi connectivity index (χ4v) is 1.12. The van der Waals surface area contributed by atoms with Crippen LogP contribution in [-0.4, -0.2) is 11.1 Å². The standard InChI is InChI=1S/C11H12O2/c1-9(8-11(12)13)7-10-5-3-2-4-6-10/h2-7H,8H2,1H3,(H,12,13)/b9-7+. The predicted octanol–water partition coefficient (Wildman–Crippen LogP) is 2.56. The van der Waals surface area contributed by atoms with E-state index in [2.05, 4.69) is 0 Å². The van der Waals surface area contributed by atoms with Gasteiger partial charge in [-0.3, -0.25) is 4.79 Å². The van der Waals surface area contributed by atoms with Crippen molar-refractivity contribution in [1.29, 1.82) is 0 Å². The van der Waals surface area contributed by atoms with E-state index in [0.29, 0.717) is 0 Å². The maximum atomic E-state index is 10.4. The lowest BCUT2D eigenvalue weighted by molar-refractivity contribution is -0.136. The Labute approximate surface area is 77.5 Å². The third-order valence-electron chi connectivity index (χ3n) is 1.64. The second kappa shape index (κ2) is 4.45. The van der Waals surface area contributed by atoms with E-state index >= 15 is 0 Å². The zero-order valence-electron chi connectivity index (χ0n) is 7.53. The molecule has 0 amide bonds. The molecule has 0 aliphatic carbocycles. The number of carbonyl (C=O) groups is 1. The summed E-state index contributed by atoms with van der Waals surface area (Å²) < 4.78 is 0. The molecule has 1 aromatic rings. The highest BCUT2D eigenvalue weighted by molar-refractivity contribution is 5.72. The molecule has 1 rings (SSSR count). The summed E-state index contributed by atoms with van der Waals surface area (Å²) in [5.74, 6) is -0.787. The molecule has 2 heteroatoms. The zero-order valence-corrected chi connectivity index (χ0v) is 7.53. The lowest BCUT2D eigenvalue weighted by atomic mass is 10.1. The van der Waals surface area contributed by atoms with Gasteiger partial charge in [0.25, 0.3) is 0 Å². The van der Waals surface area contributed by atoms with Gasteiger partial charge in [-0.25, -0.2) is 0 Å². The van der Waals surface area contributed by atoms with Crippen LogP contribution < -0.4 is 0 Å². The fourth-order valence-electron chi connectivity index (χ4n) is 1.12. The molecule has 0 radical (unpaired) electrons. The van der Waals surface area contributed by atoms with Crippen LogP contribution in [0.4, 0.5) is 0 Å². The van der Waals surface area contributed by atoms with Crippen LogP contribution in [-0.2, 0) is 4.79 Å². The Morgan fingerprint density at radius 1 is 1.38 bits per heavy atom. The minimum atomic E-state index is -0.787. The summed E-state index contributed by atoms with van der Waals surface area (Å²) in [5.41, 5.74) is 1.90. The van der Waals surface area contributed by atoms with E-state index in [-0.39, 0.29) is 6.42 Å². The van der Waals surface area contributed by atoms with Gasteiger partial charge in [-0.2, -0.15) is 0 Å². The first-order valence-corrected chi connectivity index (χ1v) is 4.12. The van der Waals surface area contributed by atoms with E-state index in [1.54, 1.807) is 0 Å². The Bertz CT molecular complexity index is 312. The van der Waals surface area contributed by atoms with E-state index in [9.17, 15) is 4.79 Å². The van der Waals surface area contributed by atoms with Crippen molar-refractivity contribution in [3.05, 3.63) is 41.5 Å². The highest BCUT2D eigenvalue weighted by atomic mass is 16.4. The van der Waals surface area contributed by atoms with Crippen molar-refractivity contribution in [2.75, 3.05) is 0 Å². The Balaban J connectivity index is 2.71. The van der Waals surface area contributed by atoms with Crippen molar-refractivity contribution in [3.63, 3.8) is 0 Å². The molecule has 0 spiro atoms. The molecule has 0 aromatic heterocycles. The van der Waals surface area contributed by atoms with Gasteiger partial charge in [0.2, 0.25) is 0 Å². The molecule has 13 heavy (non-hydrogen) atoms. The maximum Gasteiger partial charge on any atom is 0.307 e. The van der Waals surface area contributed by atoms with Gasteiger partial charge in [0.1, 0.15) is 0 Å². The number of hydrogen-bond donors (Lipinski definition) is 1. The van der Waals surface area contributed by atoms with Gasteiger partial charge in [0.15, 0.2) is 0 Å². The number of hydrogen-bond acceptors (Lipinski definition) is 1. The number of carboxylic acid groups (broad SMARTS) is 1. The van der Waals surface area contributed by atoms with Crippen LogP contribution >= 0.6 is 0 Å². The first-order chi connectivity index (χ1) is 6.18. The number of aliphatic carboxylic acids is 1. The number of benzene rings is 1. The molecule has 0 saturated carbocycles. The molecule has 0 fully saturated rings. The van der Waals surface area contributed by atoms with E-state index < -0.39 is 5.97 Å². The minimum Gasteiger partial charge on any atom is -0.481 e. The minimum absolute atomic E-state index is 0.106. The molecule has 0 atom stereocenters. The Hall–Kier alpha value is -1.57. The van der Waals surface area contributed by atoms with Gasteiger partial charge in [-0.05, 0) is 12.5 Å². The Morgan fingerprint density at radius 2 is 2.00 bits per heavy atom. The molecular formula is C11H12O2. The Morgan fingerprint density at radius 3 is 2.54 bits per heavy atom. The maximum absolute atomic E-state index is 10.4. The molecule has 1 aromatic carbocycles. The smallest absolute Gasteiger partial charge is 0.307 e. The number of rotatable bonds is 3. The second-order valence-corrected chi connectivity index (χ2v) is 2.97. The third-order valence-corrected chi connectivity index (χ3v) is 1.64. The molecule has 2 nitrogen and oxygen atoms in total. The first-order valence-electron chi connectivity index (χ1n) is 4.12. The molecule has 1 N–H and O–H groups in total. The first kappa shape index (κ1) is 9.52. The van der Waals surface area contributed by atoms with Crippen LogP contribution in [0.25, 0.3) is 6.08 Å². The Kier molecular flexibility index (Phi) is 3.26. The fraction of sp³-hybridized carbons (Fsp3) is 0.182. The summed E-state index contributed by atoms with van der Waals surface area (Å²) >= 11 is 0. The molecule has 0 bridgehead atoms. The molecule has 0 heterocycles. The summed E-state index contributed by atoms with van der Waals surface area (Å²) in [6.07, 6.45) is 1.99. The highest BCUT2D eigenvalue weighted by Gasteiger charge is 1.97. The summed E-state index contributed by atoms with van der Waals surface area (Å²) in [5, 5.41) is 8.52. The molecule has 0 aliphatic heterocycles. The van der Waals surface area contributed by atoms with Crippen LogP contribution in [0, 0.1) is 0 Å². The van der Waals surface area contributed by atoms with Crippen molar-refractivity contribution in [2.45, 2.75) is 13.3 Å². The van der Waals surface area contributed by atoms with E-state index in [1.165, 1.54) is 0 Å². The van der Waals surface area contributed by atoms with E-state index in [0.717, 1.165) is 11.1 Å². The molecular weight excluding hydrogens is 164 g/mol. The van der Waals surface area contributed by atoms with Crippen LogP contribution in [0.2, 0.25) is 0 Å². The van der Waals surface area contributed by atoms with Crippen molar-refractivity contribution in [1.82, 2.24) is 0 Å². The summed E-state index contributed by atoms with van der Waals surface area (Å²) in [6.45, 7) is 1.82. The molecule has 68 valence electrons. The lowest BCUT2D eigenvalue weighted by Crippen LogP contribution is -1.94. The van der Waals surface area contributed by atoms with Crippen LogP contribution in [0.1, 0.15) is 18.9 Å². The second-order valence-electron chi connectivity index (χ2n) is 2.97.